The number of nitrogens with one attached hydrogen (secondary N) is 1. The van der Waals surface area contributed by atoms with E-state index >= 15 is 0 Å². The second-order valence-corrected chi connectivity index (χ2v) is 5.29. The van der Waals surface area contributed by atoms with Crippen LogP contribution in [0.4, 0.5) is 0 Å². The van der Waals surface area contributed by atoms with Gasteiger partial charge in [-0.1, -0.05) is 25.0 Å². The Labute approximate surface area is 119 Å². The maximum Gasteiger partial charge on any atom is 0.287 e. The molecule has 0 bridgehead atoms. The summed E-state index contributed by atoms with van der Waals surface area (Å²) in [7, 11) is 0. The molecule has 2 heterocycles. The lowest BCUT2D eigenvalue weighted by molar-refractivity contribution is 0.0948. The molecule has 1 unspecified atom stereocenters. The number of hydrazine groups is 1. The molecule has 0 radical (unpaired) electrons. The third kappa shape index (κ3) is 3.77. The summed E-state index contributed by atoms with van der Waals surface area (Å²) in [5, 5.41) is 7.78. The molecule has 1 aliphatic rings. The Hall–Kier alpha value is -1.47. The van der Waals surface area contributed by atoms with Crippen molar-refractivity contribution in [2.45, 2.75) is 51.6 Å². The van der Waals surface area contributed by atoms with Gasteiger partial charge in [-0.3, -0.25) is 19.8 Å². The first kappa shape index (κ1) is 14.9. The van der Waals surface area contributed by atoms with Crippen LogP contribution in [0.2, 0.25) is 0 Å². The Balaban J connectivity index is 1.89. The number of nitrogens with zero attached hydrogens (tertiary/aromatic N) is 4. The van der Waals surface area contributed by atoms with Gasteiger partial charge in [0.2, 0.25) is 0 Å². The first-order valence-electron chi connectivity index (χ1n) is 7.39. The molecule has 0 saturated carbocycles. The van der Waals surface area contributed by atoms with Gasteiger partial charge < -0.3 is 0 Å². The highest BCUT2D eigenvalue weighted by Crippen LogP contribution is 2.18. The van der Waals surface area contributed by atoms with E-state index < -0.39 is 5.91 Å². The standard InChI is InChI=1S/C13H24N6O/c1-2-11-6-4-3-5-7-18(11)8-9-19-10-12(16-17-19)13(20)15-14/h10-11H,2-9,14H2,1H3,(H,15,20). The lowest BCUT2D eigenvalue weighted by atomic mass is 10.1. The van der Waals surface area contributed by atoms with Gasteiger partial charge in [-0.05, 0) is 25.8 Å². The van der Waals surface area contributed by atoms with Crippen LogP contribution in [0.5, 0.6) is 0 Å². The van der Waals surface area contributed by atoms with Crippen LogP contribution in [0.25, 0.3) is 0 Å². The van der Waals surface area contributed by atoms with Crippen molar-refractivity contribution in [1.29, 1.82) is 0 Å². The van der Waals surface area contributed by atoms with Gasteiger partial charge in [0.25, 0.3) is 5.91 Å². The summed E-state index contributed by atoms with van der Waals surface area (Å²) >= 11 is 0. The van der Waals surface area contributed by atoms with Crippen molar-refractivity contribution >= 4 is 5.91 Å². The highest BCUT2D eigenvalue weighted by molar-refractivity contribution is 5.91. The van der Waals surface area contributed by atoms with Crippen molar-refractivity contribution in [2.75, 3.05) is 13.1 Å². The lowest BCUT2D eigenvalue weighted by Crippen LogP contribution is -2.36. The molecule has 1 saturated heterocycles. The fourth-order valence-corrected chi connectivity index (χ4v) is 2.81. The topological polar surface area (TPSA) is 89.1 Å². The summed E-state index contributed by atoms with van der Waals surface area (Å²) in [6, 6.07) is 0.674. The molecule has 1 aromatic rings. The van der Waals surface area contributed by atoms with Crippen LogP contribution >= 0.6 is 0 Å². The highest BCUT2D eigenvalue weighted by Gasteiger charge is 2.19. The van der Waals surface area contributed by atoms with Gasteiger partial charge in [0.05, 0.1) is 12.7 Å². The molecule has 2 rings (SSSR count). The van der Waals surface area contributed by atoms with Crippen LogP contribution in [0, 0.1) is 0 Å². The average molecular weight is 280 g/mol. The molecule has 112 valence electrons. The number of carbonyl (C=O) groups is 1. The molecule has 3 N–H and O–H groups in total. The Morgan fingerprint density at radius 1 is 1.45 bits per heavy atom. The van der Waals surface area contributed by atoms with Crippen LogP contribution in [0.3, 0.4) is 0 Å². The summed E-state index contributed by atoms with van der Waals surface area (Å²) < 4.78 is 1.71. The third-order valence-corrected chi connectivity index (χ3v) is 3.99. The van der Waals surface area contributed by atoms with Crippen molar-refractivity contribution in [3.8, 4) is 0 Å². The van der Waals surface area contributed by atoms with Gasteiger partial charge in [0, 0.05) is 12.6 Å². The van der Waals surface area contributed by atoms with Gasteiger partial charge in [-0.15, -0.1) is 5.10 Å². The van der Waals surface area contributed by atoms with Crippen LogP contribution in [-0.4, -0.2) is 44.9 Å². The minimum Gasteiger partial charge on any atom is -0.299 e. The SMILES string of the molecule is CCC1CCCCCN1CCn1cc(C(=O)NN)nn1. The minimum absolute atomic E-state index is 0.260. The van der Waals surface area contributed by atoms with E-state index in [1.807, 2.05) is 0 Å². The number of hydrogen-bond donors (Lipinski definition) is 2. The number of aromatic nitrogens is 3. The number of nitrogens with two attached hydrogens (primary N) is 1. The van der Waals surface area contributed by atoms with E-state index in [0.717, 1.165) is 19.6 Å². The molecule has 20 heavy (non-hydrogen) atoms. The van der Waals surface area contributed by atoms with Crippen LogP contribution in [0.1, 0.15) is 49.5 Å². The van der Waals surface area contributed by atoms with E-state index in [2.05, 4.69) is 27.6 Å². The Morgan fingerprint density at radius 3 is 3.05 bits per heavy atom. The van der Waals surface area contributed by atoms with E-state index in [0.29, 0.717) is 6.04 Å². The lowest BCUT2D eigenvalue weighted by Gasteiger charge is -2.28. The second kappa shape index (κ2) is 7.35. The number of likely N-dealkylation sites (tertiary alicyclic amines) is 1. The van der Waals surface area contributed by atoms with Crippen molar-refractivity contribution in [1.82, 2.24) is 25.3 Å². The largest absolute Gasteiger partial charge is 0.299 e. The average Bonchev–Trinajstić information content (AvgIpc) is 2.83. The van der Waals surface area contributed by atoms with Crippen LogP contribution in [-0.2, 0) is 6.54 Å². The van der Waals surface area contributed by atoms with E-state index in [9.17, 15) is 4.79 Å². The maximum atomic E-state index is 11.3. The Kier molecular flexibility index (Phi) is 5.49. The summed E-state index contributed by atoms with van der Waals surface area (Å²) in [5.41, 5.74) is 2.32. The van der Waals surface area contributed by atoms with Crippen LogP contribution in [0.15, 0.2) is 6.20 Å². The van der Waals surface area contributed by atoms with Gasteiger partial charge >= 0.3 is 0 Å². The van der Waals surface area contributed by atoms with E-state index in [4.69, 9.17) is 5.84 Å². The molecular formula is C13H24N6O. The smallest absolute Gasteiger partial charge is 0.287 e. The van der Waals surface area contributed by atoms with Gasteiger partial charge in [-0.2, -0.15) is 0 Å². The number of amides is 1. The fourth-order valence-electron chi connectivity index (χ4n) is 2.81. The molecule has 1 fully saturated rings. The predicted octanol–water partition coefficient (Wildman–Crippen LogP) is 0.536. The zero-order valence-corrected chi connectivity index (χ0v) is 12.1. The quantitative estimate of drug-likeness (QED) is 0.467. The number of hydrogen-bond acceptors (Lipinski definition) is 5. The van der Waals surface area contributed by atoms with E-state index in [1.165, 1.54) is 32.1 Å². The summed E-state index contributed by atoms with van der Waals surface area (Å²) in [4.78, 5) is 13.9. The summed E-state index contributed by atoms with van der Waals surface area (Å²) in [6.45, 7) is 5.11. The molecule has 0 aliphatic carbocycles. The normalized spacial score (nSPS) is 20.6. The highest BCUT2D eigenvalue weighted by atomic mass is 16.2. The first-order valence-corrected chi connectivity index (χ1v) is 7.39. The van der Waals surface area contributed by atoms with Crippen molar-refractivity contribution < 1.29 is 4.79 Å². The van der Waals surface area contributed by atoms with E-state index in [1.54, 1.807) is 10.9 Å². The second-order valence-electron chi connectivity index (χ2n) is 5.29. The summed E-state index contributed by atoms with van der Waals surface area (Å²) in [6.07, 6.45) is 8.05. The predicted molar refractivity (Wildman–Crippen MR) is 75.8 cm³/mol. The summed E-state index contributed by atoms with van der Waals surface area (Å²) in [5.74, 6) is 4.67. The molecule has 0 spiro atoms. The van der Waals surface area contributed by atoms with Crippen LogP contribution < -0.4 is 11.3 Å². The maximum absolute atomic E-state index is 11.3. The molecular weight excluding hydrogens is 256 g/mol. The van der Waals surface area contributed by atoms with Crippen molar-refractivity contribution in [3.63, 3.8) is 0 Å². The van der Waals surface area contributed by atoms with Gasteiger partial charge in [-0.25, -0.2) is 5.84 Å². The zero-order valence-electron chi connectivity index (χ0n) is 12.1. The fraction of sp³-hybridized carbons (Fsp3) is 0.769. The number of carbonyl (C=O) groups excluding carboxylic acids is 1. The molecule has 1 atom stereocenters. The molecule has 1 amide bonds. The Bertz CT molecular complexity index is 432. The molecule has 0 aromatic carbocycles. The molecule has 1 aliphatic heterocycles. The Morgan fingerprint density at radius 2 is 2.30 bits per heavy atom. The van der Waals surface area contributed by atoms with E-state index in [-0.39, 0.29) is 5.69 Å². The van der Waals surface area contributed by atoms with Crippen molar-refractivity contribution in [3.05, 3.63) is 11.9 Å². The minimum atomic E-state index is -0.405. The van der Waals surface area contributed by atoms with Gasteiger partial charge in [0.1, 0.15) is 0 Å². The molecule has 7 heteroatoms. The number of nitrogen functional groups attached to an aromatic ring is 1. The van der Waals surface area contributed by atoms with Crippen molar-refractivity contribution in [2.24, 2.45) is 5.84 Å². The number of rotatable bonds is 5. The third-order valence-electron chi connectivity index (χ3n) is 3.99. The van der Waals surface area contributed by atoms with Gasteiger partial charge in [0.15, 0.2) is 5.69 Å². The molecule has 1 aromatic heterocycles. The zero-order chi connectivity index (χ0) is 14.4. The monoisotopic (exact) mass is 280 g/mol. The first-order chi connectivity index (χ1) is 9.74. The molecule has 7 nitrogen and oxygen atoms in total.